The summed E-state index contributed by atoms with van der Waals surface area (Å²) in [6, 6.07) is 6.66. The van der Waals surface area contributed by atoms with Gasteiger partial charge in [-0.3, -0.25) is 9.36 Å². The van der Waals surface area contributed by atoms with Gasteiger partial charge < -0.3 is 23.5 Å². The molecule has 1 aliphatic heterocycles. The monoisotopic (exact) mass is 539 g/mol. The maximum Gasteiger partial charge on any atom is 0.338 e. The summed E-state index contributed by atoms with van der Waals surface area (Å²) in [5, 5.41) is 0. The molecule has 1 atom stereocenters. The van der Waals surface area contributed by atoms with Crippen LogP contribution >= 0.6 is 11.3 Å². The number of rotatable bonds is 9. The molecule has 3 heterocycles. The zero-order chi connectivity index (χ0) is 27.6. The summed E-state index contributed by atoms with van der Waals surface area (Å²) in [7, 11) is 4.75. The van der Waals surface area contributed by atoms with Gasteiger partial charge in [0.25, 0.3) is 5.56 Å². The summed E-state index contributed by atoms with van der Waals surface area (Å²) in [4.78, 5) is 32.3. The van der Waals surface area contributed by atoms with E-state index < -0.39 is 12.0 Å². The van der Waals surface area contributed by atoms with Gasteiger partial charge in [0.1, 0.15) is 6.04 Å². The third-order valence-electron chi connectivity index (χ3n) is 6.66. The molecule has 1 aromatic carbocycles. The first-order chi connectivity index (χ1) is 18.3. The van der Waals surface area contributed by atoms with Crippen LogP contribution in [0.4, 0.5) is 0 Å². The van der Waals surface area contributed by atoms with Crippen LogP contribution in [-0.4, -0.2) is 49.6 Å². The van der Waals surface area contributed by atoms with Crippen LogP contribution in [0.2, 0.25) is 0 Å². The van der Waals surface area contributed by atoms with Gasteiger partial charge in [0, 0.05) is 30.6 Å². The van der Waals surface area contributed by atoms with Crippen LogP contribution in [0.15, 0.2) is 45.3 Å². The van der Waals surface area contributed by atoms with Crippen LogP contribution in [0.3, 0.4) is 0 Å². The topological polar surface area (TPSA) is 93.3 Å². The number of nitrogens with zero attached hydrogens (tertiary/aromatic N) is 3. The maximum absolute atomic E-state index is 14.0. The number of hydrogen-bond acceptors (Lipinski definition) is 8. The Bertz CT molecular complexity index is 1580. The highest BCUT2D eigenvalue weighted by atomic mass is 32.1. The van der Waals surface area contributed by atoms with E-state index in [2.05, 4.69) is 15.6 Å². The van der Waals surface area contributed by atoms with Crippen LogP contribution in [-0.2, 0) is 20.8 Å². The number of methoxy groups -OCH3 is 3. The minimum atomic E-state index is -0.799. The number of benzene rings is 1. The molecule has 202 valence electrons. The molecule has 0 bridgehead atoms. The number of aromatic nitrogens is 2. The van der Waals surface area contributed by atoms with Gasteiger partial charge in [0.05, 0.1) is 43.2 Å². The lowest BCUT2D eigenvalue weighted by atomic mass is 9.94. The summed E-state index contributed by atoms with van der Waals surface area (Å²) >= 11 is 1.29. The van der Waals surface area contributed by atoms with E-state index in [1.807, 2.05) is 26.0 Å². The zero-order valence-electron chi connectivity index (χ0n) is 22.8. The maximum atomic E-state index is 14.0. The number of carbonyl (C=O) groups excluding carboxylic acids is 1. The number of hydrogen-bond donors (Lipinski definition) is 0. The molecule has 0 spiro atoms. The number of esters is 1. The van der Waals surface area contributed by atoms with Crippen molar-refractivity contribution in [3.05, 3.63) is 77.7 Å². The van der Waals surface area contributed by atoms with Gasteiger partial charge in [-0.05, 0) is 51.5 Å². The van der Waals surface area contributed by atoms with E-state index in [-0.39, 0.29) is 17.7 Å². The van der Waals surface area contributed by atoms with Crippen LogP contribution in [0.5, 0.6) is 11.5 Å². The van der Waals surface area contributed by atoms with Crippen molar-refractivity contribution < 1.29 is 23.7 Å². The summed E-state index contributed by atoms with van der Waals surface area (Å²) < 4.78 is 26.1. The zero-order valence-corrected chi connectivity index (χ0v) is 23.6. The van der Waals surface area contributed by atoms with E-state index in [1.165, 1.54) is 18.4 Å². The Hall–Kier alpha value is -3.63. The Labute approximate surface area is 225 Å². The van der Waals surface area contributed by atoms with Crippen LogP contribution < -0.4 is 24.4 Å². The van der Waals surface area contributed by atoms with Gasteiger partial charge >= 0.3 is 5.97 Å². The molecule has 9 nitrogen and oxygen atoms in total. The number of carbonyl (C=O) groups is 1. The lowest BCUT2D eigenvalue weighted by Crippen LogP contribution is -2.40. The van der Waals surface area contributed by atoms with Gasteiger partial charge in [-0.1, -0.05) is 23.5 Å². The van der Waals surface area contributed by atoms with Crippen molar-refractivity contribution in [1.82, 2.24) is 9.13 Å². The Morgan fingerprint density at radius 3 is 2.58 bits per heavy atom. The van der Waals surface area contributed by atoms with Crippen molar-refractivity contribution in [3.8, 4) is 11.5 Å². The van der Waals surface area contributed by atoms with E-state index in [1.54, 1.807) is 44.8 Å². The molecule has 0 fully saturated rings. The van der Waals surface area contributed by atoms with Crippen LogP contribution in [0, 0.1) is 13.8 Å². The first-order valence-corrected chi connectivity index (χ1v) is 13.1. The fourth-order valence-electron chi connectivity index (χ4n) is 4.85. The fourth-order valence-corrected chi connectivity index (χ4v) is 5.89. The van der Waals surface area contributed by atoms with Gasteiger partial charge in [0.15, 0.2) is 16.3 Å². The Balaban J connectivity index is 1.97. The second-order valence-corrected chi connectivity index (χ2v) is 9.87. The Kier molecular flexibility index (Phi) is 8.23. The number of fused-ring (bicyclic) bond motifs is 1. The van der Waals surface area contributed by atoms with E-state index in [0.717, 1.165) is 23.5 Å². The van der Waals surface area contributed by atoms with Crippen molar-refractivity contribution in [2.24, 2.45) is 4.99 Å². The highest BCUT2D eigenvalue weighted by Gasteiger charge is 2.35. The average molecular weight is 540 g/mol. The number of allylic oxidation sites excluding steroid dienone is 1. The highest BCUT2D eigenvalue weighted by Crippen LogP contribution is 2.40. The third-order valence-corrected chi connectivity index (χ3v) is 7.65. The Morgan fingerprint density at radius 1 is 1.16 bits per heavy atom. The molecule has 0 saturated carbocycles. The van der Waals surface area contributed by atoms with Gasteiger partial charge in [-0.25, -0.2) is 9.79 Å². The third kappa shape index (κ3) is 4.81. The predicted molar refractivity (Wildman–Crippen MR) is 146 cm³/mol. The summed E-state index contributed by atoms with van der Waals surface area (Å²) in [6.45, 7) is 9.07. The Morgan fingerprint density at radius 2 is 1.92 bits per heavy atom. The minimum Gasteiger partial charge on any atom is -0.493 e. The predicted octanol–water partition coefficient (Wildman–Crippen LogP) is 2.88. The van der Waals surface area contributed by atoms with Crippen molar-refractivity contribution in [1.29, 1.82) is 0 Å². The largest absolute Gasteiger partial charge is 0.493 e. The number of ether oxygens (including phenoxy) is 4. The summed E-state index contributed by atoms with van der Waals surface area (Å²) in [5.74, 6) is 0.404. The van der Waals surface area contributed by atoms with E-state index in [0.29, 0.717) is 38.7 Å². The van der Waals surface area contributed by atoms with Crippen molar-refractivity contribution in [2.45, 2.75) is 40.3 Å². The van der Waals surface area contributed by atoms with Crippen LogP contribution in [0.1, 0.15) is 42.4 Å². The molecule has 4 rings (SSSR count). The number of aryl methyl sites for hydroxylation is 1. The normalized spacial score (nSPS) is 15.3. The molecule has 0 N–H and O–H groups in total. The molecule has 0 unspecified atom stereocenters. The number of thiazole rings is 1. The number of para-hydroxylation sites is 1. The van der Waals surface area contributed by atoms with Gasteiger partial charge in [-0.15, -0.1) is 0 Å². The first-order valence-electron chi connectivity index (χ1n) is 12.3. The molecule has 3 aromatic rings. The molecular weight excluding hydrogens is 506 g/mol. The van der Waals surface area contributed by atoms with Crippen molar-refractivity contribution >= 4 is 23.4 Å². The molecule has 0 amide bonds. The quantitative estimate of drug-likeness (QED) is 0.388. The molecule has 1 aliphatic rings. The molecule has 10 heteroatoms. The SMILES string of the molecule is CCOC(=O)C1=C(C)N=c2s/c(=C\c3cc(C)n(CCOC)c3C)c(=O)n2[C@H]1c1cccc(OC)c1OC. The molecule has 0 aliphatic carbocycles. The first kappa shape index (κ1) is 27.4. The second kappa shape index (κ2) is 11.4. The second-order valence-electron chi connectivity index (χ2n) is 8.86. The molecule has 38 heavy (non-hydrogen) atoms. The van der Waals surface area contributed by atoms with E-state index in [9.17, 15) is 9.59 Å². The van der Waals surface area contributed by atoms with Crippen molar-refractivity contribution in [3.63, 3.8) is 0 Å². The molecule has 2 aromatic heterocycles. The standard InChI is InChI=1S/C28H33N3O6S/c1-8-37-27(33)23-17(3)29-28-31(24(23)20-10-9-11-21(35-6)25(20)36-7)26(32)22(38-28)15-19-14-16(2)30(18(19)4)12-13-34-5/h9-11,14-15,24H,8,12-13H2,1-7H3/b22-15-/t24-/m0/s1. The lowest BCUT2D eigenvalue weighted by molar-refractivity contribution is -0.139. The summed E-state index contributed by atoms with van der Waals surface area (Å²) in [6.07, 6.45) is 1.89. The summed E-state index contributed by atoms with van der Waals surface area (Å²) in [5.41, 5.74) is 4.20. The van der Waals surface area contributed by atoms with Gasteiger partial charge in [0.2, 0.25) is 0 Å². The smallest absolute Gasteiger partial charge is 0.338 e. The van der Waals surface area contributed by atoms with Gasteiger partial charge in [-0.2, -0.15) is 0 Å². The van der Waals surface area contributed by atoms with E-state index >= 15 is 0 Å². The van der Waals surface area contributed by atoms with Crippen molar-refractivity contribution in [2.75, 3.05) is 34.5 Å². The average Bonchev–Trinajstić information content (AvgIpc) is 3.35. The van der Waals surface area contributed by atoms with Crippen LogP contribution in [0.25, 0.3) is 6.08 Å². The molecule has 0 saturated heterocycles. The van der Waals surface area contributed by atoms with E-state index in [4.69, 9.17) is 18.9 Å². The minimum absolute atomic E-state index is 0.195. The fraction of sp³-hybridized carbons (Fsp3) is 0.393. The lowest BCUT2D eigenvalue weighted by Gasteiger charge is -2.26. The molecular formula is C28H33N3O6S. The molecule has 0 radical (unpaired) electrons. The highest BCUT2D eigenvalue weighted by molar-refractivity contribution is 7.07.